The highest BCUT2D eigenvalue weighted by molar-refractivity contribution is 7.07. The molecule has 2 rings (SSSR count). The minimum absolute atomic E-state index is 0.387. The molecule has 0 saturated carbocycles. The van der Waals surface area contributed by atoms with Gasteiger partial charge in [0, 0.05) is 18.8 Å². The quantitative estimate of drug-likeness (QED) is 0.679. The van der Waals surface area contributed by atoms with E-state index in [9.17, 15) is 4.79 Å². The number of thiophene rings is 1. The summed E-state index contributed by atoms with van der Waals surface area (Å²) < 4.78 is 4.81. The molecule has 2 aromatic rings. The van der Waals surface area contributed by atoms with Gasteiger partial charge in [0.1, 0.15) is 0 Å². The summed E-state index contributed by atoms with van der Waals surface area (Å²) in [6.07, 6.45) is 0. The highest BCUT2D eigenvalue weighted by Crippen LogP contribution is 2.20. The standard InChI is InChI=1S/C15H18N2O2S/c1-17(8-11-6-7-20-10-11)9-12-4-3-5-13(16)14(12)15(18)19-2/h3-7,10H,8-9,16H2,1-2H3. The van der Waals surface area contributed by atoms with Crippen molar-refractivity contribution < 1.29 is 9.53 Å². The van der Waals surface area contributed by atoms with Gasteiger partial charge in [-0.25, -0.2) is 4.79 Å². The second-order valence-electron chi connectivity index (χ2n) is 4.68. The predicted molar refractivity (Wildman–Crippen MR) is 81.7 cm³/mol. The van der Waals surface area contributed by atoms with Crippen molar-refractivity contribution in [3.8, 4) is 0 Å². The van der Waals surface area contributed by atoms with Crippen molar-refractivity contribution in [1.82, 2.24) is 4.90 Å². The lowest BCUT2D eigenvalue weighted by Gasteiger charge is -2.18. The molecular formula is C15H18N2O2S. The van der Waals surface area contributed by atoms with Crippen molar-refractivity contribution in [2.75, 3.05) is 19.9 Å². The van der Waals surface area contributed by atoms with Gasteiger partial charge < -0.3 is 10.5 Å². The number of nitrogen functional groups attached to an aromatic ring is 1. The van der Waals surface area contributed by atoms with E-state index in [4.69, 9.17) is 10.5 Å². The van der Waals surface area contributed by atoms with Crippen LogP contribution < -0.4 is 5.73 Å². The topological polar surface area (TPSA) is 55.6 Å². The number of hydrogen-bond acceptors (Lipinski definition) is 5. The van der Waals surface area contributed by atoms with Gasteiger partial charge in [0.25, 0.3) is 0 Å². The molecule has 0 spiro atoms. The Balaban J connectivity index is 2.16. The van der Waals surface area contributed by atoms with E-state index in [1.165, 1.54) is 12.7 Å². The highest BCUT2D eigenvalue weighted by Gasteiger charge is 2.16. The first-order chi connectivity index (χ1) is 9.61. The van der Waals surface area contributed by atoms with E-state index in [-0.39, 0.29) is 5.97 Å². The summed E-state index contributed by atoms with van der Waals surface area (Å²) in [6.45, 7) is 1.48. The largest absolute Gasteiger partial charge is 0.465 e. The van der Waals surface area contributed by atoms with Crippen molar-refractivity contribution in [3.63, 3.8) is 0 Å². The lowest BCUT2D eigenvalue weighted by Crippen LogP contribution is -2.20. The highest BCUT2D eigenvalue weighted by atomic mass is 32.1. The summed E-state index contributed by atoms with van der Waals surface area (Å²) in [7, 11) is 3.38. The molecule has 0 aliphatic heterocycles. The van der Waals surface area contributed by atoms with Crippen LogP contribution in [0, 0.1) is 0 Å². The number of methoxy groups -OCH3 is 1. The predicted octanol–water partition coefficient (Wildman–Crippen LogP) is 2.75. The summed E-state index contributed by atoms with van der Waals surface area (Å²) in [5.74, 6) is -0.387. The van der Waals surface area contributed by atoms with Gasteiger partial charge in [0.2, 0.25) is 0 Å². The van der Waals surface area contributed by atoms with Crippen molar-refractivity contribution in [3.05, 3.63) is 51.7 Å². The molecule has 0 aliphatic rings. The second kappa shape index (κ2) is 6.54. The van der Waals surface area contributed by atoms with Crippen molar-refractivity contribution in [2.24, 2.45) is 0 Å². The van der Waals surface area contributed by atoms with Gasteiger partial charge in [-0.15, -0.1) is 0 Å². The van der Waals surface area contributed by atoms with Crippen LogP contribution in [0.5, 0.6) is 0 Å². The number of nitrogens with zero attached hydrogens (tertiary/aromatic N) is 1. The van der Waals surface area contributed by atoms with E-state index >= 15 is 0 Å². The molecule has 106 valence electrons. The molecule has 4 nitrogen and oxygen atoms in total. The lowest BCUT2D eigenvalue weighted by atomic mass is 10.0. The van der Waals surface area contributed by atoms with Crippen LogP contribution in [-0.2, 0) is 17.8 Å². The van der Waals surface area contributed by atoms with E-state index in [0.29, 0.717) is 17.8 Å². The minimum atomic E-state index is -0.387. The van der Waals surface area contributed by atoms with Gasteiger partial charge in [-0.2, -0.15) is 11.3 Å². The van der Waals surface area contributed by atoms with Gasteiger partial charge >= 0.3 is 5.97 Å². The maximum atomic E-state index is 11.8. The van der Waals surface area contributed by atoms with Crippen LogP contribution in [0.4, 0.5) is 5.69 Å². The molecule has 0 radical (unpaired) electrons. The number of hydrogen-bond donors (Lipinski definition) is 1. The molecule has 2 N–H and O–H groups in total. The van der Waals surface area contributed by atoms with Crippen LogP contribution in [-0.4, -0.2) is 25.0 Å². The number of rotatable bonds is 5. The zero-order valence-corrected chi connectivity index (χ0v) is 12.4. The number of benzene rings is 1. The third kappa shape index (κ3) is 3.37. The Morgan fingerprint density at radius 2 is 2.15 bits per heavy atom. The molecule has 5 heteroatoms. The SMILES string of the molecule is COC(=O)c1c(N)cccc1CN(C)Cc1ccsc1. The fourth-order valence-electron chi connectivity index (χ4n) is 2.14. The normalized spacial score (nSPS) is 10.8. The third-order valence-electron chi connectivity index (χ3n) is 3.05. The van der Waals surface area contributed by atoms with E-state index in [0.717, 1.165) is 12.1 Å². The Hall–Kier alpha value is -1.85. The molecule has 1 heterocycles. The summed E-state index contributed by atoms with van der Waals surface area (Å²) in [5, 5.41) is 4.18. The third-order valence-corrected chi connectivity index (χ3v) is 3.78. The van der Waals surface area contributed by atoms with Crippen molar-refractivity contribution in [2.45, 2.75) is 13.1 Å². The maximum absolute atomic E-state index is 11.8. The number of anilines is 1. The molecule has 20 heavy (non-hydrogen) atoms. The first-order valence-corrected chi connectivity index (χ1v) is 7.21. The Kier molecular flexibility index (Phi) is 4.76. The van der Waals surface area contributed by atoms with Crippen LogP contribution in [0.15, 0.2) is 35.0 Å². The van der Waals surface area contributed by atoms with E-state index in [2.05, 4.69) is 21.7 Å². The Morgan fingerprint density at radius 3 is 2.80 bits per heavy atom. The fourth-order valence-corrected chi connectivity index (χ4v) is 2.80. The van der Waals surface area contributed by atoms with Crippen LogP contribution in [0.3, 0.4) is 0 Å². The van der Waals surface area contributed by atoms with Gasteiger partial charge in [-0.05, 0) is 41.1 Å². The number of esters is 1. The molecule has 0 saturated heterocycles. The van der Waals surface area contributed by atoms with Crippen LogP contribution in [0.25, 0.3) is 0 Å². The van der Waals surface area contributed by atoms with Gasteiger partial charge in [-0.1, -0.05) is 12.1 Å². The Morgan fingerprint density at radius 1 is 1.35 bits per heavy atom. The van der Waals surface area contributed by atoms with Crippen LogP contribution >= 0.6 is 11.3 Å². The first kappa shape index (κ1) is 14.6. The van der Waals surface area contributed by atoms with Gasteiger partial charge in [0.15, 0.2) is 0 Å². The van der Waals surface area contributed by atoms with Gasteiger partial charge in [0.05, 0.1) is 12.7 Å². The average Bonchev–Trinajstić information content (AvgIpc) is 2.91. The molecule has 1 aromatic carbocycles. The monoisotopic (exact) mass is 290 g/mol. The van der Waals surface area contributed by atoms with Crippen molar-refractivity contribution >= 4 is 23.0 Å². The fraction of sp³-hybridized carbons (Fsp3) is 0.267. The number of carbonyl (C=O) groups is 1. The van der Waals surface area contributed by atoms with E-state index in [1.54, 1.807) is 17.4 Å². The molecule has 0 aliphatic carbocycles. The van der Waals surface area contributed by atoms with Crippen molar-refractivity contribution in [1.29, 1.82) is 0 Å². The molecule has 0 bridgehead atoms. The molecule has 1 aromatic heterocycles. The number of ether oxygens (including phenoxy) is 1. The number of carbonyl (C=O) groups excluding carboxylic acids is 1. The molecule has 0 amide bonds. The van der Waals surface area contributed by atoms with E-state index < -0.39 is 0 Å². The summed E-state index contributed by atoms with van der Waals surface area (Å²) in [5.41, 5.74) is 8.96. The van der Waals surface area contributed by atoms with Crippen LogP contribution in [0.2, 0.25) is 0 Å². The molecule has 0 unspecified atom stereocenters. The smallest absolute Gasteiger partial charge is 0.340 e. The summed E-state index contributed by atoms with van der Waals surface area (Å²) in [4.78, 5) is 14.0. The maximum Gasteiger partial charge on any atom is 0.340 e. The number of nitrogens with two attached hydrogens (primary N) is 1. The first-order valence-electron chi connectivity index (χ1n) is 6.27. The summed E-state index contributed by atoms with van der Waals surface area (Å²) in [6, 6.07) is 7.58. The molecule has 0 atom stereocenters. The average molecular weight is 290 g/mol. The molecular weight excluding hydrogens is 272 g/mol. The molecule has 0 fully saturated rings. The minimum Gasteiger partial charge on any atom is -0.465 e. The Labute approximate surface area is 122 Å². The van der Waals surface area contributed by atoms with E-state index in [1.807, 2.05) is 19.2 Å². The zero-order chi connectivity index (χ0) is 14.5. The van der Waals surface area contributed by atoms with Crippen LogP contribution in [0.1, 0.15) is 21.5 Å². The Bertz CT molecular complexity index is 582. The summed E-state index contributed by atoms with van der Waals surface area (Å²) >= 11 is 1.68. The second-order valence-corrected chi connectivity index (χ2v) is 5.46. The zero-order valence-electron chi connectivity index (χ0n) is 11.6. The lowest BCUT2D eigenvalue weighted by molar-refractivity contribution is 0.0599. The van der Waals surface area contributed by atoms with Gasteiger partial charge in [-0.3, -0.25) is 4.90 Å².